The molecule has 2 rings (SSSR count). The first-order valence-electron chi connectivity index (χ1n) is 6.60. The number of benzene rings is 1. The highest BCUT2D eigenvalue weighted by atomic mass is 32.2. The molecule has 0 aromatic heterocycles. The van der Waals surface area contributed by atoms with Crippen LogP contribution in [0.5, 0.6) is 5.75 Å². The average molecular weight is 296 g/mol. The standard InChI is InChI=1S/C15H20O4S/c1-15(2)9-13(14(16)17)20-12-5-4-10(8-11(12)15)19-7-6-18-3/h4-5,8,13H,6-7,9H2,1-3H3,(H,16,17). The lowest BCUT2D eigenvalue weighted by Gasteiger charge is -2.35. The van der Waals surface area contributed by atoms with Crippen molar-refractivity contribution in [2.75, 3.05) is 20.3 Å². The van der Waals surface area contributed by atoms with Crippen LogP contribution in [0.15, 0.2) is 23.1 Å². The minimum absolute atomic E-state index is 0.162. The molecule has 0 saturated heterocycles. The van der Waals surface area contributed by atoms with E-state index in [1.807, 2.05) is 18.2 Å². The summed E-state index contributed by atoms with van der Waals surface area (Å²) in [5.41, 5.74) is 1.000. The van der Waals surface area contributed by atoms with Gasteiger partial charge in [0.1, 0.15) is 17.6 Å². The molecule has 1 aromatic rings. The summed E-state index contributed by atoms with van der Waals surface area (Å²) in [6.07, 6.45) is 0.627. The Hall–Kier alpha value is -1.20. The maximum atomic E-state index is 11.2. The molecule has 0 saturated carbocycles. The SMILES string of the molecule is COCCOc1ccc2c(c1)C(C)(C)CC(C(=O)O)S2. The van der Waals surface area contributed by atoms with Crippen molar-refractivity contribution >= 4 is 17.7 Å². The topological polar surface area (TPSA) is 55.8 Å². The number of hydrogen-bond donors (Lipinski definition) is 1. The molecule has 0 amide bonds. The van der Waals surface area contributed by atoms with Crippen LogP contribution in [0.3, 0.4) is 0 Å². The van der Waals surface area contributed by atoms with Crippen molar-refractivity contribution in [2.24, 2.45) is 0 Å². The predicted molar refractivity (Wildman–Crippen MR) is 78.7 cm³/mol. The van der Waals surface area contributed by atoms with E-state index in [1.165, 1.54) is 11.8 Å². The molecule has 1 aliphatic rings. The molecule has 0 fully saturated rings. The van der Waals surface area contributed by atoms with E-state index < -0.39 is 5.97 Å². The monoisotopic (exact) mass is 296 g/mol. The van der Waals surface area contributed by atoms with Crippen molar-refractivity contribution in [2.45, 2.75) is 35.8 Å². The molecule has 0 spiro atoms. The third-order valence-electron chi connectivity index (χ3n) is 3.48. The molecule has 0 bridgehead atoms. The van der Waals surface area contributed by atoms with Gasteiger partial charge >= 0.3 is 5.97 Å². The summed E-state index contributed by atoms with van der Waals surface area (Å²) < 4.78 is 10.6. The van der Waals surface area contributed by atoms with Crippen molar-refractivity contribution in [3.8, 4) is 5.75 Å². The fourth-order valence-electron chi connectivity index (χ4n) is 2.38. The van der Waals surface area contributed by atoms with Crippen LogP contribution in [-0.4, -0.2) is 36.6 Å². The van der Waals surface area contributed by atoms with Gasteiger partial charge in [-0.1, -0.05) is 13.8 Å². The lowest BCUT2D eigenvalue weighted by Crippen LogP contribution is -2.32. The largest absolute Gasteiger partial charge is 0.491 e. The lowest BCUT2D eigenvalue weighted by atomic mass is 9.80. The molecule has 0 aliphatic carbocycles. The van der Waals surface area contributed by atoms with E-state index in [2.05, 4.69) is 13.8 Å². The second kappa shape index (κ2) is 6.06. The summed E-state index contributed by atoms with van der Waals surface area (Å²) >= 11 is 1.42. The van der Waals surface area contributed by atoms with Gasteiger partial charge in [-0.3, -0.25) is 4.79 Å². The molecule has 1 aliphatic heterocycles. The highest BCUT2D eigenvalue weighted by Crippen LogP contribution is 2.46. The van der Waals surface area contributed by atoms with Gasteiger partial charge in [0.2, 0.25) is 0 Å². The Balaban J connectivity index is 2.23. The summed E-state index contributed by atoms with van der Waals surface area (Å²) in [5, 5.41) is 8.86. The fourth-order valence-corrected chi connectivity index (χ4v) is 3.90. The Bertz CT molecular complexity index is 499. The minimum atomic E-state index is -0.742. The summed E-state index contributed by atoms with van der Waals surface area (Å²) in [5.74, 6) is 0.0670. The van der Waals surface area contributed by atoms with Crippen LogP contribution in [0.25, 0.3) is 0 Å². The number of carboxylic acids is 1. The van der Waals surface area contributed by atoms with E-state index in [4.69, 9.17) is 9.47 Å². The second-order valence-corrected chi connectivity index (χ2v) is 6.78. The van der Waals surface area contributed by atoms with Crippen LogP contribution >= 0.6 is 11.8 Å². The Labute approximate surface area is 123 Å². The highest BCUT2D eigenvalue weighted by molar-refractivity contribution is 8.00. The third kappa shape index (κ3) is 3.27. The van der Waals surface area contributed by atoms with Crippen LogP contribution in [0, 0.1) is 0 Å². The average Bonchev–Trinajstić information content (AvgIpc) is 2.38. The van der Waals surface area contributed by atoms with Crippen molar-refractivity contribution in [3.05, 3.63) is 23.8 Å². The molecule has 110 valence electrons. The number of rotatable bonds is 5. The lowest BCUT2D eigenvalue weighted by molar-refractivity contribution is -0.136. The van der Waals surface area contributed by atoms with Crippen LogP contribution in [0.2, 0.25) is 0 Å². The van der Waals surface area contributed by atoms with Crippen LogP contribution < -0.4 is 4.74 Å². The number of hydrogen-bond acceptors (Lipinski definition) is 4. The van der Waals surface area contributed by atoms with Crippen LogP contribution in [0.4, 0.5) is 0 Å². The fraction of sp³-hybridized carbons (Fsp3) is 0.533. The number of fused-ring (bicyclic) bond motifs is 1. The van der Waals surface area contributed by atoms with E-state index in [9.17, 15) is 9.90 Å². The van der Waals surface area contributed by atoms with Crippen molar-refractivity contribution in [1.29, 1.82) is 0 Å². The van der Waals surface area contributed by atoms with Crippen molar-refractivity contribution in [1.82, 2.24) is 0 Å². The smallest absolute Gasteiger partial charge is 0.317 e. The molecule has 4 nitrogen and oxygen atoms in total. The molecule has 1 heterocycles. The Kier molecular flexibility index (Phi) is 4.60. The molecular formula is C15H20O4S. The molecular weight excluding hydrogens is 276 g/mol. The number of thioether (sulfide) groups is 1. The molecule has 0 radical (unpaired) electrons. The van der Waals surface area contributed by atoms with Gasteiger partial charge in [0.15, 0.2) is 0 Å². The minimum Gasteiger partial charge on any atom is -0.491 e. The van der Waals surface area contributed by atoms with Crippen LogP contribution in [-0.2, 0) is 14.9 Å². The Morgan fingerprint density at radius 2 is 2.20 bits per heavy atom. The Morgan fingerprint density at radius 3 is 2.85 bits per heavy atom. The number of methoxy groups -OCH3 is 1. The molecule has 1 N–H and O–H groups in total. The zero-order valence-electron chi connectivity index (χ0n) is 12.0. The Morgan fingerprint density at radius 1 is 1.45 bits per heavy atom. The molecule has 1 unspecified atom stereocenters. The highest BCUT2D eigenvalue weighted by Gasteiger charge is 2.37. The summed E-state index contributed by atoms with van der Waals surface area (Å²) in [4.78, 5) is 12.3. The first-order valence-corrected chi connectivity index (χ1v) is 7.48. The summed E-state index contributed by atoms with van der Waals surface area (Å²) in [7, 11) is 1.64. The summed E-state index contributed by atoms with van der Waals surface area (Å²) in [6.45, 7) is 5.23. The van der Waals surface area contributed by atoms with E-state index >= 15 is 0 Å². The maximum Gasteiger partial charge on any atom is 0.317 e. The molecule has 1 aromatic carbocycles. The molecule has 20 heavy (non-hydrogen) atoms. The van der Waals surface area contributed by atoms with Gasteiger partial charge in [-0.15, -0.1) is 11.8 Å². The predicted octanol–water partition coefficient (Wildman–Crippen LogP) is 2.94. The second-order valence-electron chi connectivity index (χ2n) is 5.53. The van der Waals surface area contributed by atoms with E-state index in [1.54, 1.807) is 7.11 Å². The molecule has 5 heteroatoms. The van der Waals surface area contributed by atoms with Gasteiger partial charge in [-0.05, 0) is 35.6 Å². The van der Waals surface area contributed by atoms with Gasteiger partial charge < -0.3 is 14.6 Å². The van der Waals surface area contributed by atoms with E-state index in [0.29, 0.717) is 19.6 Å². The van der Waals surface area contributed by atoms with Gasteiger partial charge in [0.05, 0.1) is 6.61 Å². The third-order valence-corrected chi connectivity index (χ3v) is 4.74. The van der Waals surface area contributed by atoms with Crippen molar-refractivity contribution in [3.63, 3.8) is 0 Å². The maximum absolute atomic E-state index is 11.2. The quantitative estimate of drug-likeness (QED) is 0.847. The van der Waals surface area contributed by atoms with E-state index in [0.717, 1.165) is 16.2 Å². The van der Waals surface area contributed by atoms with Gasteiger partial charge in [0, 0.05) is 12.0 Å². The zero-order chi connectivity index (χ0) is 14.8. The first kappa shape index (κ1) is 15.2. The number of ether oxygens (including phenoxy) is 2. The number of carbonyl (C=O) groups is 1. The number of carboxylic acid groups (broad SMARTS) is 1. The van der Waals surface area contributed by atoms with E-state index in [-0.39, 0.29) is 10.7 Å². The van der Waals surface area contributed by atoms with Gasteiger partial charge in [0.25, 0.3) is 0 Å². The molecule has 1 atom stereocenters. The first-order chi connectivity index (χ1) is 9.44. The normalized spacial score (nSPS) is 20.2. The zero-order valence-corrected chi connectivity index (χ0v) is 12.8. The number of aliphatic carboxylic acids is 1. The van der Waals surface area contributed by atoms with Crippen molar-refractivity contribution < 1.29 is 19.4 Å². The van der Waals surface area contributed by atoms with Gasteiger partial charge in [-0.25, -0.2) is 0 Å². The van der Waals surface area contributed by atoms with Crippen LogP contribution in [0.1, 0.15) is 25.8 Å². The van der Waals surface area contributed by atoms with Gasteiger partial charge in [-0.2, -0.15) is 0 Å². The summed E-state index contributed by atoms with van der Waals surface area (Å²) in [6, 6.07) is 5.87.